The van der Waals surface area contributed by atoms with E-state index in [-0.39, 0.29) is 0 Å². The van der Waals surface area contributed by atoms with Gasteiger partial charge in [0.15, 0.2) is 11.6 Å². The third-order valence-corrected chi connectivity index (χ3v) is 7.44. The molecule has 2 heteroatoms. The highest BCUT2D eigenvalue weighted by Gasteiger charge is 2.30. The maximum absolute atomic E-state index is 14.0. The number of rotatable bonds is 7. The summed E-state index contributed by atoms with van der Waals surface area (Å²) >= 11 is 0. The van der Waals surface area contributed by atoms with Crippen LogP contribution in [0.3, 0.4) is 0 Å². The Hall–Kier alpha value is -1.18. The lowest BCUT2D eigenvalue weighted by Gasteiger charge is -2.37. The average molecular weight is 389 g/mol. The highest BCUT2D eigenvalue weighted by molar-refractivity contribution is 5.51. The van der Waals surface area contributed by atoms with Crippen molar-refractivity contribution >= 4 is 6.08 Å². The zero-order chi connectivity index (χ0) is 19.9. The van der Waals surface area contributed by atoms with E-state index in [2.05, 4.69) is 13.0 Å². The maximum Gasteiger partial charge on any atom is 0.166 e. The zero-order valence-corrected chi connectivity index (χ0v) is 17.9. The van der Waals surface area contributed by atoms with Crippen molar-refractivity contribution < 1.29 is 8.78 Å². The molecule has 0 saturated heterocycles. The molecule has 2 fully saturated rings. The largest absolute Gasteiger partial charge is 0.203 e. The molecule has 0 aliphatic heterocycles. The van der Waals surface area contributed by atoms with Crippen molar-refractivity contribution in [2.75, 3.05) is 0 Å². The van der Waals surface area contributed by atoms with Crippen molar-refractivity contribution in [2.24, 2.45) is 23.7 Å². The van der Waals surface area contributed by atoms with Crippen molar-refractivity contribution in [1.29, 1.82) is 0 Å². The summed E-state index contributed by atoms with van der Waals surface area (Å²) in [6, 6.07) is 3.35. The molecule has 28 heavy (non-hydrogen) atoms. The topological polar surface area (TPSA) is 0 Å². The molecule has 2 saturated carbocycles. The van der Waals surface area contributed by atoms with Crippen LogP contribution >= 0.6 is 0 Å². The van der Waals surface area contributed by atoms with Gasteiger partial charge in [-0.15, -0.1) is 0 Å². The molecule has 0 amide bonds. The number of allylic oxidation sites excluding steroid dienone is 1. The van der Waals surface area contributed by atoms with Gasteiger partial charge in [0, 0.05) is 5.56 Å². The van der Waals surface area contributed by atoms with E-state index in [0.717, 1.165) is 17.8 Å². The Labute approximate surface area is 170 Å². The summed E-state index contributed by atoms with van der Waals surface area (Å²) in [5.41, 5.74) is 0.752. The molecule has 3 rings (SSSR count). The first-order valence-electron chi connectivity index (χ1n) is 11.7. The summed E-state index contributed by atoms with van der Waals surface area (Å²) in [6.07, 6.45) is 20.3. The van der Waals surface area contributed by atoms with Crippen LogP contribution in [0.15, 0.2) is 18.2 Å². The Kier molecular flexibility index (Phi) is 8.11. The van der Waals surface area contributed by atoms with E-state index in [1.54, 1.807) is 25.1 Å². The van der Waals surface area contributed by atoms with Crippen LogP contribution in [0.4, 0.5) is 8.78 Å². The van der Waals surface area contributed by atoms with E-state index in [1.807, 2.05) is 0 Å². The summed E-state index contributed by atoms with van der Waals surface area (Å²) in [5.74, 6) is 1.93. The fourth-order valence-corrected chi connectivity index (χ4v) is 5.47. The molecule has 1 aromatic carbocycles. The van der Waals surface area contributed by atoms with Gasteiger partial charge in [0.05, 0.1) is 0 Å². The van der Waals surface area contributed by atoms with Gasteiger partial charge in [-0.3, -0.25) is 0 Å². The Morgan fingerprint density at radius 2 is 1.50 bits per heavy atom. The van der Waals surface area contributed by atoms with E-state index < -0.39 is 11.6 Å². The smallest absolute Gasteiger partial charge is 0.166 e. The second-order valence-electron chi connectivity index (χ2n) is 9.41. The predicted octanol–water partition coefficient (Wildman–Crippen LogP) is 8.48. The first kappa shape index (κ1) is 21.5. The fraction of sp³-hybridized carbons (Fsp3) is 0.692. The summed E-state index contributed by atoms with van der Waals surface area (Å²) in [7, 11) is 0. The number of halogens is 2. The third-order valence-electron chi connectivity index (χ3n) is 7.44. The van der Waals surface area contributed by atoms with Gasteiger partial charge in [-0.2, -0.15) is 0 Å². The number of hydrogen-bond acceptors (Lipinski definition) is 0. The Bertz CT molecular complexity index is 632. The fourth-order valence-electron chi connectivity index (χ4n) is 5.47. The molecule has 0 atom stereocenters. The minimum absolute atomic E-state index is 0.371. The number of aryl methyl sites for hydroxylation is 1. The van der Waals surface area contributed by atoms with Crippen LogP contribution in [0.25, 0.3) is 6.08 Å². The Morgan fingerprint density at radius 1 is 0.857 bits per heavy atom. The van der Waals surface area contributed by atoms with Crippen LogP contribution in [-0.2, 0) is 0 Å². The van der Waals surface area contributed by atoms with Crippen LogP contribution < -0.4 is 0 Å². The van der Waals surface area contributed by atoms with Crippen molar-refractivity contribution in [3.05, 3.63) is 41.0 Å². The zero-order valence-electron chi connectivity index (χ0n) is 17.9. The molecule has 0 nitrogen and oxygen atoms in total. The van der Waals surface area contributed by atoms with Crippen LogP contribution in [-0.4, -0.2) is 0 Å². The third kappa shape index (κ3) is 5.67. The Balaban J connectivity index is 1.42. The van der Waals surface area contributed by atoms with Crippen molar-refractivity contribution in [1.82, 2.24) is 0 Å². The monoisotopic (exact) mass is 388 g/mol. The van der Waals surface area contributed by atoms with E-state index in [9.17, 15) is 8.78 Å². The second kappa shape index (κ2) is 10.6. The van der Waals surface area contributed by atoms with Crippen molar-refractivity contribution in [3.63, 3.8) is 0 Å². The van der Waals surface area contributed by atoms with Crippen LogP contribution in [0.5, 0.6) is 0 Å². The molecule has 0 heterocycles. The lowest BCUT2D eigenvalue weighted by molar-refractivity contribution is 0.151. The van der Waals surface area contributed by atoms with Gasteiger partial charge in [0.1, 0.15) is 0 Å². The first-order valence-corrected chi connectivity index (χ1v) is 11.7. The van der Waals surface area contributed by atoms with Gasteiger partial charge in [-0.1, -0.05) is 69.7 Å². The SMILES string of the molecule is CCCCCC1CCC(C2CCC(/C=C/c3ccc(C)c(F)c3F)CC2)CC1. The standard InChI is InChI=1S/C26H38F2/c1-3-4-5-6-20-8-14-22(15-9-20)23-16-10-21(11-17-23)12-18-24-13-7-19(2)25(27)26(24)28/h7,12-13,18,20-23H,3-6,8-11,14-17H2,1-2H3/b18-12+. The van der Waals surface area contributed by atoms with Gasteiger partial charge in [0.2, 0.25) is 0 Å². The minimum Gasteiger partial charge on any atom is -0.203 e. The minimum atomic E-state index is -0.712. The number of hydrogen-bond donors (Lipinski definition) is 0. The number of benzene rings is 1. The molecule has 2 aliphatic rings. The molecule has 1 aromatic rings. The molecule has 0 spiro atoms. The van der Waals surface area contributed by atoms with E-state index in [4.69, 9.17) is 0 Å². The Morgan fingerprint density at radius 3 is 2.14 bits per heavy atom. The molecular weight excluding hydrogens is 350 g/mol. The van der Waals surface area contributed by atoms with Gasteiger partial charge >= 0.3 is 0 Å². The molecule has 0 N–H and O–H groups in total. The van der Waals surface area contributed by atoms with Crippen LogP contribution in [0.2, 0.25) is 0 Å². The average Bonchev–Trinajstić information content (AvgIpc) is 2.73. The molecule has 0 aromatic heterocycles. The predicted molar refractivity (Wildman–Crippen MR) is 115 cm³/mol. The lowest BCUT2D eigenvalue weighted by Crippen LogP contribution is -2.25. The quantitative estimate of drug-likeness (QED) is 0.411. The lowest BCUT2D eigenvalue weighted by atomic mass is 9.68. The maximum atomic E-state index is 14.0. The summed E-state index contributed by atoms with van der Waals surface area (Å²) in [6.45, 7) is 3.89. The van der Waals surface area contributed by atoms with E-state index in [0.29, 0.717) is 17.0 Å². The second-order valence-corrected chi connectivity index (χ2v) is 9.41. The van der Waals surface area contributed by atoms with E-state index >= 15 is 0 Å². The van der Waals surface area contributed by atoms with E-state index in [1.165, 1.54) is 77.0 Å². The normalized spacial score (nSPS) is 28.7. The summed E-state index contributed by atoms with van der Waals surface area (Å²) in [5, 5.41) is 0. The van der Waals surface area contributed by atoms with Gasteiger partial charge in [-0.05, 0) is 74.7 Å². The van der Waals surface area contributed by atoms with Crippen molar-refractivity contribution in [2.45, 2.75) is 90.9 Å². The van der Waals surface area contributed by atoms with Crippen molar-refractivity contribution in [3.8, 4) is 0 Å². The molecule has 0 radical (unpaired) electrons. The van der Waals surface area contributed by atoms with Gasteiger partial charge < -0.3 is 0 Å². The van der Waals surface area contributed by atoms with Crippen LogP contribution in [0.1, 0.15) is 95.1 Å². The van der Waals surface area contributed by atoms with Gasteiger partial charge in [-0.25, -0.2) is 8.78 Å². The molecule has 156 valence electrons. The van der Waals surface area contributed by atoms with Gasteiger partial charge in [0.25, 0.3) is 0 Å². The molecule has 2 aliphatic carbocycles. The molecular formula is C26H38F2. The van der Waals surface area contributed by atoms with Crippen LogP contribution in [0, 0.1) is 42.2 Å². The summed E-state index contributed by atoms with van der Waals surface area (Å²) in [4.78, 5) is 0. The highest BCUT2D eigenvalue weighted by atomic mass is 19.2. The number of unbranched alkanes of at least 4 members (excludes halogenated alkanes) is 2. The molecule has 0 unspecified atom stereocenters. The highest BCUT2D eigenvalue weighted by Crippen LogP contribution is 2.42. The summed E-state index contributed by atoms with van der Waals surface area (Å²) < 4.78 is 27.7. The first-order chi connectivity index (χ1) is 13.6. The molecule has 0 bridgehead atoms.